The Labute approximate surface area is 138 Å². The average Bonchev–Trinajstić information content (AvgIpc) is 2.90. The summed E-state index contributed by atoms with van der Waals surface area (Å²) < 4.78 is 0. The number of hydrogen-bond donors (Lipinski definition) is 0. The lowest BCUT2D eigenvalue weighted by atomic mass is 9.79. The van der Waals surface area contributed by atoms with Crippen LogP contribution in [0.15, 0.2) is 84.9 Å². The van der Waals surface area contributed by atoms with Gasteiger partial charge in [0.2, 0.25) is 0 Å². The molecular formula is C22H21N. The summed E-state index contributed by atoms with van der Waals surface area (Å²) in [7, 11) is 0. The van der Waals surface area contributed by atoms with Gasteiger partial charge in [-0.05, 0) is 35.7 Å². The first kappa shape index (κ1) is 14.1. The Bertz CT molecular complexity index is 794. The van der Waals surface area contributed by atoms with E-state index in [4.69, 9.17) is 0 Å². The minimum atomic E-state index is 0.133. The summed E-state index contributed by atoms with van der Waals surface area (Å²) in [5, 5.41) is 0. The van der Waals surface area contributed by atoms with E-state index < -0.39 is 0 Å². The van der Waals surface area contributed by atoms with Crippen molar-refractivity contribution in [3.8, 4) is 0 Å². The van der Waals surface area contributed by atoms with Crippen LogP contribution in [-0.2, 0) is 11.8 Å². The van der Waals surface area contributed by atoms with E-state index in [-0.39, 0.29) is 5.41 Å². The van der Waals surface area contributed by atoms with Crippen molar-refractivity contribution in [2.45, 2.75) is 18.8 Å². The normalized spacial score (nSPS) is 19.6. The molecule has 0 unspecified atom stereocenters. The Morgan fingerprint density at radius 2 is 1.39 bits per heavy atom. The van der Waals surface area contributed by atoms with Crippen molar-refractivity contribution in [1.29, 1.82) is 0 Å². The first-order valence-corrected chi connectivity index (χ1v) is 8.22. The van der Waals surface area contributed by atoms with Crippen LogP contribution in [0.1, 0.15) is 18.1 Å². The van der Waals surface area contributed by atoms with E-state index in [2.05, 4.69) is 96.8 Å². The molecule has 1 aliphatic rings. The van der Waals surface area contributed by atoms with Gasteiger partial charge in [0.05, 0.1) is 0 Å². The lowest BCUT2D eigenvalue weighted by molar-refractivity contribution is 0.506. The first-order valence-electron chi connectivity index (χ1n) is 8.22. The average molecular weight is 299 g/mol. The van der Waals surface area contributed by atoms with Crippen molar-refractivity contribution in [1.82, 2.24) is 0 Å². The molecule has 0 aliphatic carbocycles. The number of rotatable bonds is 3. The number of nitrogens with zero attached hydrogens (tertiary/aromatic N) is 1. The van der Waals surface area contributed by atoms with Crippen molar-refractivity contribution >= 4 is 11.4 Å². The zero-order valence-corrected chi connectivity index (χ0v) is 13.4. The fraction of sp³-hybridized carbons (Fsp3) is 0.182. The first-order chi connectivity index (χ1) is 11.3. The van der Waals surface area contributed by atoms with Gasteiger partial charge in [-0.15, -0.1) is 0 Å². The van der Waals surface area contributed by atoms with Crippen LogP contribution in [0.4, 0.5) is 11.4 Å². The Hall–Kier alpha value is -2.54. The largest absolute Gasteiger partial charge is 0.340 e. The van der Waals surface area contributed by atoms with E-state index in [1.165, 1.54) is 22.5 Å². The van der Waals surface area contributed by atoms with Crippen molar-refractivity contribution in [3.63, 3.8) is 0 Å². The molecule has 1 atom stereocenters. The van der Waals surface area contributed by atoms with Crippen LogP contribution < -0.4 is 4.90 Å². The predicted molar refractivity (Wildman–Crippen MR) is 97.4 cm³/mol. The van der Waals surface area contributed by atoms with Crippen LogP contribution in [0, 0.1) is 0 Å². The molecule has 1 heterocycles. The Kier molecular flexibility index (Phi) is 3.42. The number of hydrogen-bond acceptors (Lipinski definition) is 1. The van der Waals surface area contributed by atoms with Gasteiger partial charge in [0.15, 0.2) is 0 Å². The molecule has 3 aromatic rings. The molecule has 0 saturated carbocycles. The summed E-state index contributed by atoms with van der Waals surface area (Å²) in [6.07, 6.45) is 1.06. The van der Waals surface area contributed by atoms with Gasteiger partial charge in [-0.3, -0.25) is 0 Å². The van der Waals surface area contributed by atoms with Gasteiger partial charge in [-0.1, -0.05) is 73.7 Å². The Morgan fingerprint density at radius 1 is 0.783 bits per heavy atom. The van der Waals surface area contributed by atoms with Crippen molar-refractivity contribution in [2.75, 3.05) is 11.4 Å². The number of fused-ring (bicyclic) bond motifs is 1. The van der Waals surface area contributed by atoms with Crippen LogP contribution in [0.25, 0.3) is 0 Å². The van der Waals surface area contributed by atoms with Crippen molar-refractivity contribution in [2.24, 2.45) is 0 Å². The van der Waals surface area contributed by atoms with Gasteiger partial charge >= 0.3 is 0 Å². The van der Waals surface area contributed by atoms with Crippen LogP contribution in [0.5, 0.6) is 0 Å². The smallest absolute Gasteiger partial charge is 0.0449 e. The van der Waals surface area contributed by atoms with Crippen LogP contribution in [0.2, 0.25) is 0 Å². The van der Waals surface area contributed by atoms with Gasteiger partial charge in [0.25, 0.3) is 0 Å². The maximum Gasteiger partial charge on any atom is 0.0449 e. The van der Waals surface area contributed by atoms with E-state index in [0.29, 0.717) is 0 Å². The van der Waals surface area contributed by atoms with E-state index in [0.717, 1.165) is 13.0 Å². The van der Waals surface area contributed by atoms with Gasteiger partial charge < -0.3 is 4.90 Å². The predicted octanol–water partition coefficient (Wildman–Crippen LogP) is 5.34. The van der Waals surface area contributed by atoms with Crippen molar-refractivity contribution < 1.29 is 0 Å². The maximum absolute atomic E-state index is 2.46. The Balaban J connectivity index is 1.75. The highest BCUT2D eigenvalue weighted by molar-refractivity contribution is 5.72. The molecule has 4 rings (SSSR count). The Morgan fingerprint density at radius 3 is 2.13 bits per heavy atom. The summed E-state index contributed by atoms with van der Waals surface area (Å²) in [6, 6.07) is 30.4. The van der Waals surface area contributed by atoms with Gasteiger partial charge in [0, 0.05) is 23.3 Å². The second kappa shape index (κ2) is 5.58. The SMILES string of the molecule is C[C@]1(Cc2ccccc2)CN(c2ccccc2)c2ccccc21. The molecule has 1 nitrogen and oxygen atoms in total. The molecule has 1 heteroatoms. The molecule has 23 heavy (non-hydrogen) atoms. The number of benzene rings is 3. The highest BCUT2D eigenvalue weighted by Gasteiger charge is 2.39. The molecule has 0 bridgehead atoms. The number of anilines is 2. The molecule has 0 saturated heterocycles. The standard InChI is InChI=1S/C22H21N/c1-22(16-18-10-4-2-5-11-18)17-23(19-12-6-3-7-13-19)21-15-9-8-14-20(21)22/h2-15H,16-17H2,1H3/t22-/m0/s1. The molecular weight excluding hydrogens is 278 g/mol. The lowest BCUT2D eigenvalue weighted by Crippen LogP contribution is -2.30. The molecule has 0 spiro atoms. The third kappa shape index (κ3) is 2.53. The fourth-order valence-corrected chi connectivity index (χ4v) is 3.77. The summed E-state index contributed by atoms with van der Waals surface area (Å²) in [4.78, 5) is 2.46. The zero-order valence-electron chi connectivity index (χ0n) is 13.4. The molecule has 114 valence electrons. The lowest BCUT2D eigenvalue weighted by Gasteiger charge is -2.27. The topological polar surface area (TPSA) is 3.24 Å². The van der Waals surface area contributed by atoms with E-state index >= 15 is 0 Å². The molecule has 0 radical (unpaired) electrons. The van der Waals surface area contributed by atoms with E-state index in [9.17, 15) is 0 Å². The molecule has 0 N–H and O–H groups in total. The quantitative estimate of drug-likeness (QED) is 0.631. The minimum absolute atomic E-state index is 0.133. The number of para-hydroxylation sites is 2. The third-order valence-corrected chi connectivity index (χ3v) is 4.86. The summed E-state index contributed by atoms with van der Waals surface area (Å²) in [6.45, 7) is 3.41. The second-order valence-electron chi connectivity index (χ2n) is 6.66. The fourth-order valence-electron chi connectivity index (χ4n) is 3.77. The van der Waals surface area contributed by atoms with Crippen molar-refractivity contribution in [3.05, 3.63) is 96.1 Å². The van der Waals surface area contributed by atoms with E-state index in [1.807, 2.05) is 0 Å². The second-order valence-corrected chi connectivity index (χ2v) is 6.66. The molecule has 1 aliphatic heterocycles. The molecule has 0 amide bonds. The summed E-state index contributed by atoms with van der Waals surface area (Å²) in [5.74, 6) is 0. The highest BCUT2D eigenvalue weighted by atomic mass is 15.2. The van der Waals surface area contributed by atoms with Crippen LogP contribution in [0.3, 0.4) is 0 Å². The van der Waals surface area contributed by atoms with Crippen LogP contribution >= 0.6 is 0 Å². The van der Waals surface area contributed by atoms with Gasteiger partial charge in [-0.2, -0.15) is 0 Å². The monoisotopic (exact) mass is 299 g/mol. The molecule has 0 fully saturated rings. The third-order valence-electron chi connectivity index (χ3n) is 4.86. The highest BCUT2D eigenvalue weighted by Crippen LogP contribution is 2.45. The molecule has 3 aromatic carbocycles. The summed E-state index contributed by atoms with van der Waals surface area (Å²) in [5.41, 5.74) is 5.61. The van der Waals surface area contributed by atoms with E-state index in [1.54, 1.807) is 0 Å². The van der Waals surface area contributed by atoms with Gasteiger partial charge in [0.1, 0.15) is 0 Å². The minimum Gasteiger partial charge on any atom is -0.340 e. The zero-order chi connectivity index (χ0) is 15.7. The van der Waals surface area contributed by atoms with Crippen LogP contribution in [-0.4, -0.2) is 6.54 Å². The summed E-state index contributed by atoms with van der Waals surface area (Å²) >= 11 is 0. The molecule has 0 aromatic heterocycles. The maximum atomic E-state index is 2.46. The van der Waals surface area contributed by atoms with Gasteiger partial charge in [-0.25, -0.2) is 0 Å².